The fraction of sp³-hybridized carbons (Fsp3) is 0.875. The number of hydrogen-bond acceptors (Lipinski definition) is 3. The number of carbonyl (C=O) groups is 1. The standard InChI is InChI=1S/C8H12O3/c1-8-4-2-3-5(6(8)9)11-7(8)10/h5-6,9H,2-4H2,1H3/t5-,6-,8+/m0/s1. The molecular formula is C8H12O3. The minimum absolute atomic E-state index is 0.215. The highest BCUT2D eigenvalue weighted by molar-refractivity contribution is 5.80. The van der Waals surface area contributed by atoms with Gasteiger partial charge in [-0.3, -0.25) is 4.79 Å². The van der Waals surface area contributed by atoms with Crippen molar-refractivity contribution >= 4 is 5.97 Å². The Morgan fingerprint density at radius 3 is 3.00 bits per heavy atom. The molecule has 1 N–H and O–H groups in total. The first kappa shape index (κ1) is 7.10. The van der Waals surface area contributed by atoms with Crippen LogP contribution in [0.5, 0.6) is 0 Å². The van der Waals surface area contributed by atoms with Crippen LogP contribution in [0.25, 0.3) is 0 Å². The van der Waals surface area contributed by atoms with E-state index >= 15 is 0 Å². The van der Waals surface area contributed by atoms with Gasteiger partial charge in [0.2, 0.25) is 0 Å². The van der Waals surface area contributed by atoms with E-state index < -0.39 is 11.5 Å². The number of carbonyl (C=O) groups excluding carboxylic acids is 1. The topological polar surface area (TPSA) is 46.5 Å². The van der Waals surface area contributed by atoms with Gasteiger partial charge in [0.25, 0.3) is 0 Å². The van der Waals surface area contributed by atoms with Gasteiger partial charge in [-0.2, -0.15) is 0 Å². The van der Waals surface area contributed by atoms with E-state index in [0.717, 1.165) is 19.3 Å². The molecule has 0 amide bonds. The van der Waals surface area contributed by atoms with Gasteiger partial charge in [-0.15, -0.1) is 0 Å². The second kappa shape index (κ2) is 1.97. The fourth-order valence-corrected chi connectivity index (χ4v) is 2.00. The Morgan fingerprint density at radius 1 is 1.73 bits per heavy atom. The molecule has 1 aliphatic carbocycles. The Bertz CT molecular complexity index is 202. The molecule has 1 saturated carbocycles. The van der Waals surface area contributed by atoms with E-state index in [2.05, 4.69) is 0 Å². The summed E-state index contributed by atoms with van der Waals surface area (Å²) in [5.74, 6) is -0.215. The number of aliphatic hydroxyl groups is 1. The molecule has 0 radical (unpaired) electrons. The van der Waals surface area contributed by atoms with Crippen molar-refractivity contribution in [2.24, 2.45) is 5.41 Å². The number of rotatable bonds is 0. The Hall–Kier alpha value is -0.570. The zero-order chi connectivity index (χ0) is 8.06. The van der Waals surface area contributed by atoms with Gasteiger partial charge >= 0.3 is 5.97 Å². The van der Waals surface area contributed by atoms with Crippen molar-refractivity contribution in [3.05, 3.63) is 0 Å². The lowest BCUT2D eigenvalue weighted by molar-refractivity contribution is -0.147. The van der Waals surface area contributed by atoms with Gasteiger partial charge in [0.05, 0.1) is 5.41 Å². The van der Waals surface area contributed by atoms with Gasteiger partial charge in [0.1, 0.15) is 12.2 Å². The summed E-state index contributed by atoms with van der Waals surface area (Å²) in [5.41, 5.74) is -0.594. The number of ether oxygens (including phenoxy) is 1. The fourth-order valence-electron chi connectivity index (χ4n) is 2.00. The summed E-state index contributed by atoms with van der Waals surface area (Å²) in [6.45, 7) is 1.79. The highest BCUT2D eigenvalue weighted by Gasteiger charge is 2.55. The number of esters is 1. The zero-order valence-electron chi connectivity index (χ0n) is 6.54. The largest absolute Gasteiger partial charge is 0.459 e. The molecule has 1 heterocycles. The molecule has 2 aliphatic rings. The maximum absolute atomic E-state index is 11.2. The molecule has 1 aliphatic heterocycles. The molecular weight excluding hydrogens is 144 g/mol. The van der Waals surface area contributed by atoms with E-state index in [1.807, 2.05) is 0 Å². The molecule has 0 aromatic rings. The number of aliphatic hydroxyl groups excluding tert-OH is 1. The summed E-state index contributed by atoms with van der Waals surface area (Å²) in [5, 5.41) is 9.59. The van der Waals surface area contributed by atoms with E-state index in [1.54, 1.807) is 6.92 Å². The molecule has 2 fully saturated rings. The summed E-state index contributed by atoms with van der Waals surface area (Å²) in [6, 6.07) is 0. The van der Waals surface area contributed by atoms with E-state index in [-0.39, 0.29) is 12.1 Å². The molecule has 3 atom stereocenters. The van der Waals surface area contributed by atoms with Crippen LogP contribution in [0.15, 0.2) is 0 Å². The van der Waals surface area contributed by atoms with Crippen molar-refractivity contribution < 1.29 is 14.6 Å². The number of fused-ring (bicyclic) bond motifs is 2. The Labute approximate surface area is 65.4 Å². The molecule has 0 unspecified atom stereocenters. The van der Waals surface area contributed by atoms with Crippen LogP contribution >= 0.6 is 0 Å². The summed E-state index contributed by atoms with van der Waals surface area (Å²) >= 11 is 0. The number of hydrogen-bond donors (Lipinski definition) is 1. The van der Waals surface area contributed by atoms with Crippen molar-refractivity contribution in [3.63, 3.8) is 0 Å². The van der Waals surface area contributed by atoms with Gasteiger partial charge in [-0.05, 0) is 26.2 Å². The highest BCUT2D eigenvalue weighted by Crippen LogP contribution is 2.44. The Balaban J connectivity index is 2.34. The summed E-state index contributed by atoms with van der Waals surface area (Å²) in [6.07, 6.45) is 1.79. The molecule has 1 saturated heterocycles. The maximum Gasteiger partial charge on any atom is 0.314 e. The average molecular weight is 156 g/mol. The van der Waals surface area contributed by atoms with Crippen LogP contribution in [0.4, 0.5) is 0 Å². The van der Waals surface area contributed by atoms with Crippen molar-refractivity contribution in [1.29, 1.82) is 0 Å². The van der Waals surface area contributed by atoms with Crippen LogP contribution in [0.1, 0.15) is 26.2 Å². The molecule has 3 heteroatoms. The smallest absolute Gasteiger partial charge is 0.314 e. The molecule has 2 rings (SSSR count). The maximum atomic E-state index is 11.2. The summed E-state index contributed by atoms with van der Waals surface area (Å²) in [7, 11) is 0. The molecule has 2 bridgehead atoms. The minimum atomic E-state index is -0.594. The van der Waals surface area contributed by atoms with Crippen molar-refractivity contribution in [3.8, 4) is 0 Å². The average Bonchev–Trinajstić information content (AvgIpc) is 2.16. The van der Waals surface area contributed by atoms with Gasteiger partial charge < -0.3 is 9.84 Å². The van der Waals surface area contributed by atoms with E-state index in [0.29, 0.717) is 0 Å². The van der Waals surface area contributed by atoms with Gasteiger partial charge in [-0.1, -0.05) is 0 Å². The minimum Gasteiger partial charge on any atom is -0.459 e. The lowest BCUT2D eigenvalue weighted by atomic mass is 9.75. The van der Waals surface area contributed by atoms with E-state index in [1.165, 1.54) is 0 Å². The molecule has 11 heavy (non-hydrogen) atoms. The predicted molar refractivity (Wildman–Crippen MR) is 37.8 cm³/mol. The molecule has 0 spiro atoms. The van der Waals surface area contributed by atoms with Crippen LogP contribution in [0, 0.1) is 5.41 Å². The Morgan fingerprint density at radius 2 is 2.45 bits per heavy atom. The third kappa shape index (κ3) is 0.745. The first-order valence-corrected chi connectivity index (χ1v) is 4.04. The third-order valence-corrected chi connectivity index (χ3v) is 2.91. The van der Waals surface area contributed by atoms with Gasteiger partial charge in [0, 0.05) is 0 Å². The normalized spacial score (nSPS) is 49.1. The van der Waals surface area contributed by atoms with Crippen molar-refractivity contribution in [2.45, 2.75) is 38.4 Å². The lowest BCUT2D eigenvalue weighted by Crippen LogP contribution is -2.39. The Kier molecular flexibility index (Phi) is 1.27. The zero-order valence-corrected chi connectivity index (χ0v) is 6.54. The molecule has 0 aromatic carbocycles. The van der Waals surface area contributed by atoms with Crippen LogP contribution in [0.2, 0.25) is 0 Å². The highest BCUT2D eigenvalue weighted by atomic mass is 16.6. The monoisotopic (exact) mass is 156 g/mol. The molecule has 62 valence electrons. The quantitative estimate of drug-likeness (QED) is 0.518. The first-order valence-electron chi connectivity index (χ1n) is 4.04. The summed E-state index contributed by atoms with van der Waals surface area (Å²) in [4.78, 5) is 11.2. The molecule has 0 aromatic heterocycles. The van der Waals surface area contributed by atoms with Crippen LogP contribution < -0.4 is 0 Å². The predicted octanol–water partition coefficient (Wildman–Crippen LogP) is 0.463. The van der Waals surface area contributed by atoms with Crippen LogP contribution in [0.3, 0.4) is 0 Å². The lowest BCUT2D eigenvalue weighted by Gasteiger charge is -2.28. The third-order valence-electron chi connectivity index (χ3n) is 2.91. The second-order valence-corrected chi connectivity index (χ2v) is 3.70. The van der Waals surface area contributed by atoms with E-state index in [4.69, 9.17) is 4.74 Å². The first-order chi connectivity index (χ1) is 5.14. The van der Waals surface area contributed by atoms with Crippen molar-refractivity contribution in [2.75, 3.05) is 0 Å². The van der Waals surface area contributed by atoms with Crippen LogP contribution in [-0.4, -0.2) is 23.3 Å². The summed E-state index contributed by atoms with van der Waals surface area (Å²) < 4.78 is 5.01. The van der Waals surface area contributed by atoms with Gasteiger partial charge in [0.15, 0.2) is 0 Å². The SMILES string of the molecule is C[C@]12CCC[C@H](OC1=O)[C@@H]2O. The molecule has 3 nitrogen and oxygen atoms in total. The van der Waals surface area contributed by atoms with Crippen molar-refractivity contribution in [1.82, 2.24) is 0 Å². The van der Waals surface area contributed by atoms with Gasteiger partial charge in [-0.25, -0.2) is 0 Å². The second-order valence-electron chi connectivity index (χ2n) is 3.70. The van der Waals surface area contributed by atoms with E-state index in [9.17, 15) is 9.90 Å². The van der Waals surface area contributed by atoms with Crippen LogP contribution in [-0.2, 0) is 9.53 Å².